The molecular formula is C8H15NO2. The fourth-order valence-electron chi connectivity index (χ4n) is 1.20. The summed E-state index contributed by atoms with van der Waals surface area (Å²) in [5.41, 5.74) is 6.06. The van der Waals surface area contributed by atoms with Gasteiger partial charge >= 0.3 is 5.97 Å². The number of hydrogen-bond acceptors (Lipinski definition) is 2. The maximum absolute atomic E-state index is 10.2. The Hall–Kier alpha value is -0.570. The van der Waals surface area contributed by atoms with Crippen LogP contribution in [0.5, 0.6) is 0 Å². The van der Waals surface area contributed by atoms with E-state index in [4.69, 9.17) is 10.8 Å². The van der Waals surface area contributed by atoms with Gasteiger partial charge in [0.25, 0.3) is 0 Å². The third-order valence-electron chi connectivity index (χ3n) is 2.60. The molecule has 1 rings (SSSR count). The van der Waals surface area contributed by atoms with Gasteiger partial charge in [-0.25, -0.2) is 0 Å². The molecule has 11 heavy (non-hydrogen) atoms. The van der Waals surface area contributed by atoms with E-state index < -0.39 is 5.97 Å². The summed E-state index contributed by atoms with van der Waals surface area (Å²) in [5.74, 6) is -0.746. The van der Waals surface area contributed by atoms with Gasteiger partial charge in [-0.2, -0.15) is 0 Å². The fourth-order valence-corrected chi connectivity index (χ4v) is 1.20. The molecule has 64 valence electrons. The van der Waals surface area contributed by atoms with Crippen LogP contribution in [0, 0.1) is 5.41 Å². The number of rotatable bonds is 4. The molecule has 1 unspecified atom stereocenters. The van der Waals surface area contributed by atoms with E-state index in [9.17, 15) is 4.79 Å². The highest BCUT2D eigenvalue weighted by Gasteiger charge is 2.42. The van der Waals surface area contributed by atoms with Gasteiger partial charge in [0.15, 0.2) is 0 Å². The molecular weight excluding hydrogens is 142 g/mol. The van der Waals surface area contributed by atoms with Crippen molar-refractivity contribution in [3.05, 3.63) is 0 Å². The van der Waals surface area contributed by atoms with Crippen LogP contribution in [0.15, 0.2) is 0 Å². The van der Waals surface area contributed by atoms with Crippen molar-refractivity contribution in [2.75, 3.05) is 0 Å². The second-order valence-corrected chi connectivity index (χ2v) is 3.69. The monoisotopic (exact) mass is 157 g/mol. The summed E-state index contributed by atoms with van der Waals surface area (Å²) >= 11 is 0. The molecule has 1 saturated carbocycles. The van der Waals surface area contributed by atoms with E-state index in [-0.39, 0.29) is 17.9 Å². The minimum absolute atomic E-state index is 0.0820. The normalized spacial score (nSPS) is 22.7. The first kappa shape index (κ1) is 8.53. The van der Waals surface area contributed by atoms with Gasteiger partial charge in [0.05, 0.1) is 0 Å². The summed E-state index contributed by atoms with van der Waals surface area (Å²) in [5, 5.41) is 8.39. The van der Waals surface area contributed by atoms with Gasteiger partial charge in [0, 0.05) is 12.5 Å². The molecule has 0 heterocycles. The van der Waals surface area contributed by atoms with Crippen molar-refractivity contribution >= 4 is 5.97 Å². The van der Waals surface area contributed by atoms with Crippen molar-refractivity contribution in [2.24, 2.45) is 11.1 Å². The van der Waals surface area contributed by atoms with Gasteiger partial charge in [0.1, 0.15) is 0 Å². The zero-order chi connectivity index (χ0) is 8.48. The molecule has 0 saturated heterocycles. The first-order chi connectivity index (χ1) is 5.04. The van der Waals surface area contributed by atoms with E-state index in [0.29, 0.717) is 6.42 Å². The zero-order valence-electron chi connectivity index (χ0n) is 6.84. The molecule has 0 spiro atoms. The third kappa shape index (κ3) is 2.19. The molecule has 3 N–H and O–H groups in total. The summed E-state index contributed by atoms with van der Waals surface area (Å²) in [6.45, 7) is 2.12. The number of carbonyl (C=O) groups is 1. The molecule has 1 fully saturated rings. The van der Waals surface area contributed by atoms with Crippen molar-refractivity contribution < 1.29 is 9.90 Å². The molecule has 0 bridgehead atoms. The van der Waals surface area contributed by atoms with Gasteiger partial charge in [0.2, 0.25) is 0 Å². The second-order valence-electron chi connectivity index (χ2n) is 3.69. The number of carboxylic acids is 1. The highest BCUT2D eigenvalue weighted by Crippen LogP contribution is 2.48. The first-order valence-electron chi connectivity index (χ1n) is 4.02. The van der Waals surface area contributed by atoms with Crippen molar-refractivity contribution in [2.45, 2.75) is 38.6 Å². The van der Waals surface area contributed by atoms with Crippen molar-refractivity contribution in [3.8, 4) is 0 Å². The predicted octanol–water partition coefficient (Wildman–Crippen LogP) is 0.979. The lowest BCUT2D eigenvalue weighted by molar-refractivity contribution is -0.137. The molecule has 0 radical (unpaired) electrons. The smallest absolute Gasteiger partial charge is 0.303 e. The van der Waals surface area contributed by atoms with Crippen LogP contribution >= 0.6 is 0 Å². The Balaban J connectivity index is 2.21. The third-order valence-corrected chi connectivity index (χ3v) is 2.60. The summed E-state index contributed by atoms with van der Waals surface area (Å²) in [6, 6.07) is 0.0820. The van der Waals surface area contributed by atoms with Gasteiger partial charge in [-0.1, -0.05) is 6.92 Å². The SMILES string of the molecule is CC1(C(N)CCC(=O)O)CC1. The Morgan fingerprint density at radius 1 is 1.73 bits per heavy atom. The van der Waals surface area contributed by atoms with Crippen molar-refractivity contribution in [1.82, 2.24) is 0 Å². The summed E-state index contributed by atoms with van der Waals surface area (Å²) < 4.78 is 0. The molecule has 1 atom stereocenters. The number of carboxylic acid groups (broad SMARTS) is 1. The van der Waals surface area contributed by atoms with Gasteiger partial charge in [-0.3, -0.25) is 4.79 Å². The van der Waals surface area contributed by atoms with E-state index in [2.05, 4.69) is 6.92 Å². The van der Waals surface area contributed by atoms with E-state index in [1.54, 1.807) is 0 Å². The molecule has 3 nitrogen and oxygen atoms in total. The predicted molar refractivity (Wildman–Crippen MR) is 42.2 cm³/mol. The van der Waals surface area contributed by atoms with Crippen molar-refractivity contribution in [1.29, 1.82) is 0 Å². The van der Waals surface area contributed by atoms with Crippen molar-refractivity contribution in [3.63, 3.8) is 0 Å². The van der Waals surface area contributed by atoms with E-state index >= 15 is 0 Å². The Morgan fingerprint density at radius 3 is 2.64 bits per heavy atom. The molecule has 1 aliphatic rings. The second kappa shape index (κ2) is 2.81. The van der Waals surface area contributed by atoms with Crippen LogP contribution in [0.1, 0.15) is 32.6 Å². The van der Waals surface area contributed by atoms with Crippen LogP contribution in [0.4, 0.5) is 0 Å². The maximum atomic E-state index is 10.2. The lowest BCUT2D eigenvalue weighted by Crippen LogP contribution is -2.30. The quantitative estimate of drug-likeness (QED) is 0.639. The number of nitrogens with two attached hydrogens (primary N) is 1. The number of hydrogen-bond donors (Lipinski definition) is 2. The molecule has 0 aliphatic heterocycles. The van der Waals surface area contributed by atoms with Gasteiger partial charge in [-0.05, 0) is 24.7 Å². The lowest BCUT2D eigenvalue weighted by atomic mass is 9.96. The maximum Gasteiger partial charge on any atom is 0.303 e. The zero-order valence-corrected chi connectivity index (χ0v) is 6.84. The minimum Gasteiger partial charge on any atom is -0.481 e. The van der Waals surface area contributed by atoms with E-state index in [1.165, 1.54) is 0 Å². The summed E-state index contributed by atoms with van der Waals surface area (Å²) in [4.78, 5) is 10.2. The highest BCUT2D eigenvalue weighted by molar-refractivity contribution is 5.66. The molecule has 0 aromatic rings. The molecule has 0 aromatic heterocycles. The highest BCUT2D eigenvalue weighted by atomic mass is 16.4. The van der Waals surface area contributed by atoms with Crippen LogP contribution in [0.25, 0.3) is 0 Å². The van der Waals surface area contributed by atoms with E-state index in [0.717, 1.165) is 12.8 Å². The summed E-state index contributed by atoms with van der Waals surface area (Å²) in [6.07, 6.45) is 3.14. The average molecular weight is 157 g/mol. The topological polar surface area (TPSA) is 63.3 Å². The van der Waals surface area contributed by atoms with Crippen LogP contribution in [-0.2, 0) is 4.79 Å². The molecule has 1 aliphatic carbocycles. The van der Waals surface area contributed by atoms with Crippen LogP contribution in [0.3, 0.4) is 0 Å². The fraction of sp³-hybridized carbons (Fsp3) is 0.875. The minimum atomic E-state index is -0.746. The number of aliphatic carboxylic acids is 1. The van der Waals surface area contributed by atoms with E-state index in [1.807, 2.05) is 0 Å². The van der Waals surface area contributed by atoms with Crippen LogP contribution < -0.4 is 5.73 Å². The Kier molecular flexibility index (Phi) is 2.18. The average Bonchev–Trinajstić information content (AvgIpc) is 2.64. The lowest BCUT2D eigenvalue weighted by Gasteiger charge is -2.16. The van der Waals surface area contributed by atoms with Crippen LogP contribution in [0.2, 0.25) is 0 Å². The molecule has 3 heteroatoms. The molecule has 0 aromatic carbocycles. The Labute approximate surface area is 66.6 Å². The Bertz CT molecular complexity index is 163. The largest absolute Gasteiger partial charge is 0.481 e. The van der Waals surface area contributed by atoms with Gasteiger partial charge < -0.3 is 10.8 Å². The standard InChI is InChI=1S/C8H15NO2/c1-8(4-5-8)6(9)2-3-7(10)11/h6H,2-5,9H2,1H3,(H,10,11). The Morgan fingerprint density at radius 2 is 2.27 bits per heavy atom. The van der Waals surface area contributed by atoms with Crippen LogP contribution in [-0.4, -0.2) is 17.1 Å². The first-order valence-corrected chi connectivity index (χ1v) is 4.02. The van der Waals surface area contributed by atoms with Gasteiger partial charge in [-0.15, -0.1) is 0 Å². The molecule has 0 amide bonds. The summed E-state index contributed by atoms with van der Waals surface area (Å²) in [7, 11) is 0.